The van der Waals surface area contributed by atoms with Crippen LogP contribution in [0.5, 0.6) is 0 Å². The molecule has 3 N–H and O–H groups in total. The molecule has 0 aromatic heterocycles. The standard InChI is InChI=1S/C17H21F3N2O4/c1-16(2,26)11-5-3-10(4-6-11)7-21-15(25)22-8-12(14(23)24)13(9-22)17(18,19)20/h3-6,12-13,26H,7-9H2,1-2H3,(H,21,25)(H,23,24)/t12-,13-/m1/s1. The van der Waals surface area contributed by atoms with Gasteiger partial charge >= 0.3 is 18.2 Å². The van der Waals surface area contributed by atoms with Crippen molar-refractivity contribution in [3.63, 3.8) is 0 Å². The maximum absolute atomic E-state index is 13.0. The number of likely N-dealkylation sites (tertiary alicyclic amines) is 1. The van der Waals surface area contributed by atoms with Crippen molar-refractivity contribution in [2.75, 3.05) is 13.1 Å². The van der Waals surface area contributed by atoms with E-state index in [1.54, 1.807) is 38.1 Å². The fraction of sp³-hybridized carbons (Fsp3) is 0.529. The van der Waals surface area contributed by atoms with Crippen LogP contribution < -0.4 is 5.32 Å². The van der Waals surface area contributed by atoms with Crippen molar-refractivity contribution in [2.24, 2.45) is 11.8 Å². The van der Waals surface area contributed by atoms with Gasteiger partial charge in [-0.15, -0.1) is 0 Å². The van der Waals surface area contributed by atoms with Crippen LogP contribution in [0, 0.1) is 11.8 Å². The van der Waals surface area contributed by atoms with E-state index >= 15 is 0 Å². The Hall–Kier alpha value is -2.29. The number of benzene rings is 1. The zero-order chi connectivity index (χ0) is 19.7. The lowest BCUT2D eigenvalue weighted by Crippen LogP contribution is -2.39. The molecule has 0 aliphatic carbocycles. The van der Waals surface area contributed by atoms with E-state index in [9.17, 15) is 27.9 Å². The van der Waals surface area contributed by atoms with Crippen molar-refractivity contribution in [1.29, 1.82) is 0 Å². The third kappa shape index (κ3) is 4.66. The molecular weight excluding hydrogens is 353 g/mol. The lowest BCUT2D eigenvalue weighted by molar-refractivity contribution is -0.187. The van der Waals surface area contributed by atoms with Crippen LogP contribution in [0.4, 0.5) is 18.0 Å². The Morgan fingerprint density at radius 2 is 1.77 bits per heavy atom. The van der Waals surface area contributed by atoms with E-state index in [-0.39, 0.29) is 6.54 Å². The highest BCUT2D eigenvalue weighted by molar-refractivity contribution is 5.77. The Morgan fingerprint density at radius 1 is 1.19 bits per heavy atom. The number of rotatable bonds is 4. The molecule has 9 heteroatoms. The van der Waals surface area contributed by atoms with Gasteiger partial charge in [0.2, 0.25) is 0 Å². The van der Waals surface area contributed by atoms with E-state index in [1.807, 2.05) is 0 Å². The van der Waals surface area contributed by atoms with Crippen molar-refractivity contribution >= 4 is 12.0 Å². The molecule has 2 amide bonds. The predicted octanol–water partition coefficient (Wildman–Crippen LogP) is 2.32. The van der Waals surface area contributed by atoms with Crippen LogP contribution in [0.15, 0.2) is 24.3 Å². The molecule has 144 valence electrons. The van der Waals surface area contributed by atoms with Crippen LogP contribution in [-0.4, -0.2) is 46.4 Å². The summed E-state index contributed by atoms with van der Waals surface area (Å²) >= 11 is 0. The Labute approximate surface area is 148 Å². The minimum atomic E-state index is -4.68. The highest BCUT2D eigenvalue weighted by Gasteiger charge is 2.53. The Balaban J connectivity index is 1.97. The second-order valence-electron chi connectivity index (χ2n) is 6.91. The number of carboxylic acids is 1. The van der Waals surface area contributed by atoms with Gasteiger partial charge in [-0.3, -0.25) is 4.79 Å². The zero-order valence-electron chi connectivity index (χ0n) is 14.4. The number of aliphatic hydroxyl groups is 1. The third-order valence-corrected chi connectivity index (χ3v) is 4.45. The van der Waals surface area contributed by atoms with Crippen LogP contribution in [0.2, 0.25) is 0 Å². The molecule has 1 heterocycles. The van der Waals surface area contributed by atoms with Gasteiger partial charge in [-0.25, -0.2) is 4.79 Å². The number of nitrogens with one attached hydrogen (secondary N) is 1. The highest BCUT2D eigenvalue weighted by atomic mass is 19.4. The Kier molecular flexibility index (Phi) is 5.50. The summed E-state index contributed by atoms with van der Waals surface area (Å²) in [7, 11) is 0. The van der Waals surface area contributed by atoms with Crippen molar-refractivity contribution in [2.45, 2.75) is 32.2 Å². The van der Waals surface area contributed by atoms with Crippen LogP contribution in [-0.2, 0) is 16.9 Å². The smallest absolute Gasteiger partial charge is 0.394 e. The number of hydrogen-bond donors (Lipinski definition) is 3. The minimum absolute atomic E-state index is 0.0793. The van der Waals surface area contributed by atoms with Crippen molar-refractivity contribution < 1.29 is 33.0 Å². The third-order valence-electron chi connectivity index (χ3n) is 4.45. The maximum Gasteiger partial charge on any atom is 0.394 e. The average molecular weight is 374 g/mol. The van der Waals surface area contributed by atoms with Crippen LogP contribution >= 0.6 is 0 Å². The van der Waals surface area contributed by atoms with Crippen LogP contribution in [0.25, 0.3) is 0 Å². The summed E-state index contributed by atoms with van der Waals surface area (Å²) in [6, 6.07) is 6.02. The van der Waals surface area contributed by atoms with E-state index in [2.05, 4.69) is 5.32 Å². The first-order valence-electron chi connectivity index (χ1n) is 8.03. The van der Waals surface area contributed by atoms with E-state index in [1.165, 1.54) is 0 Å². The van der Waals surface area contributed by atoms with Gasteiger partial charge in [-0.05, 0) is 25.0 Å². The van der Waals surface area contributed by atoms with Gasteiger partial charge in [0.05, 0.1) is 17.4 Å². The average Bonchev–Trinajstić information content (AvgIpc) is 2.98. The van der Waals surface area contributed by atoms with Gasteiger partial charge in [0.25, 0.3) is 0 Å². The molecule has 1 fully saturated rings. The van der Waals surface area contributed by atoms with Crippen molar-refractivity contribution in [1.82, 2.24) is 10.2 Å². The first-order valence-corrected chi connectivity index (χ1v) is 8.03. The van der Waals surface area contributed by atoms with Gasteiger partial charge < -0.3 is 20.4 Å². The predicted molar refractivity (Wildman–Crippen MR) is 86.2 cm³/mol. The molecule has 1 saturated heterocycles. The second-order valence-corrected chi connectivity index (χ2v) is 6.91. The largest absolute Gasteiger partial charge is 0.481 e. The van der Waals surface area contributed by atoms with Gasteiger partial charge in [0.15, 0.2) is 0 Å². The number of halogens is 3. The first kappa shape index (κ1) is 20.0. The summed E-state index contributed by atoms with van der Waals surface area (Å²) in [5, 5.41) is 21.3. The number of hydrogen-bond acceptors (Lipinski definition) is 3. The SMILES string of the molecule is CC(C)(O)c1ccc(CNC(=O)N2C[C@@H](C(F)(F)F)[C@H](C(=O)O)C2)cc1. The number of amides is 2. The number of aliphatic carboxylic acids is 1. The molecule has 0 spiro atoms. The van der Waals surface area contributed by atoms with Crippen LogP contribution in [0.3, 0.4) is 0 Å². The van der Waals surface area contributed by atoms with E-state index in [0.29, 0.717) is 11.1 Å². The molecule has 26 heavy (non-hydrogen) atoms. The molecule has 1 aromatic carbocycles. The summed E-state index contributed by atoms with van der Waals surface area (Å²) < 4.78 is 38.9. The topological polar surface area (TPSA) is 89.9 Å². The Morgan fingerprint density at radius 3 is 2.19 bits per heavy atom. The summed E-state index contributed by atoms with van der Waals surface area (Å²) in [6.45, 7) is 2.18. The van der Waals surface area contributed by atoms with Crippen LogP contribution in [0.1, 0.15) is 25.0 Å². The molecule has 2 atom stereocenters. The minimum Gasteiger partial charge on any atom is -0.481 e. The fourth-order valence-electron chi connectivity index (χ4n) is 2.87. The van der Waals surface area contributed by atoms with Gasteiger partial charge in [-0.1, -0.05) is 24.3 Å². The number of carboxylic acid groups (broad SMARTS) is 1. The summed E-state index contributed by atoms with van der Waals surface area (Å²) in [6.07, 6.45) is -4.68. The highest BCUT2D eigenvalue weighted by Crippen LogP contribution is 2.37. The van der Waals surface area contributed by atoms with Gasteiger partial charge in [-0.2, -0.15) is 13.2 Å². The second kappa shape index (κ2) is 7.14. The molecule has 0 bridgehead atoms. The molecule has 1 aromatic rings. The summed E-state index contributed by atoms with van der Waals surface area (Å²) in [5.41, 5.74) is 0.382. The summed E-state index contributed by atoms with van der Waals surface area (Å²) in [5.74, 6) is -5.30. The number of carbonyl (C=O) groups excluding carboxylic acids is 1. The van der Waals surface area contributed by atoms with E-state index < -0.39 is 48.7 Å². The molecule has 1 aliphatic rings. The number of urea groups is 1. The molecule has 0 unspecified atom stereocenters. The molecular formula is C17H21F3N2O4. The van der Waals surface area contributed by atoms with E-state index in [0.717, 1.165) is 4.90 Å². The number of carbonyl (C=O) groups is 2. The molecule has 2 rings (SSSR count). The molecule has 1 aliphatic heterocycles. The molecule has 6 nitrogen and oxygen atoms in total. The van der Waals surface area contributed by atoms with E-state index in [4.69, 9.17) is 5.11 Å². The van der Waals surface area contributed by atoms with Gasteiger partial charge in [0.1, 0.15) is 0 Å². The first-order chi connectivity index (χ1) is 11.9. The molecule has 0 radical (unpaired) electrons. The fourth-order valence-corrected chi connectivity index (χ4v) is 2.87. The van der Waals surface area contributed by atoms with Gasteiger partial charge in [0, 0.05) is 19.6 Å². The molecule has 0 saturated carbocycles. The van der Waals surface area contributed by atoms with Crippen molar-refractivity contribution in [3.8, 4) is 0 Å². The summed E-state index contributed by atoms with van der Waals surface area (Å²) in [4.78, 5) is 24.0. The number of alkyl halides is 3. The normalized spacial score (nSPS) is 20.9. The monoisotopic (exact) mass is 374 g/mol. The number of nitrogens with zero attached hydrogens (tertiary/aromatic N) is 1. The quantitative estimate of drug-likeness (QED) is 0.755. The Bertz CT molecular complexity index is 668. The lowest BCUT2D eigenvalue weighted by atomic mass is 9.96. The lowest BCUT2D eigenvalue weighted by Gasteiger charge is -2.19. The zero-order valence-corrected chi connectivity index (χ0v) is 14.4. The maximum atomic E-state index is 13.0. The van der Waals surface area contributed by atoms with Crippen molar-refractivity contribution in [3.05, 3.63) is 35.4 Å².